The highest BCUT2D eigenvalue weighted by molar-refractivity contribution is 6.32. The molecular formula is C33H31ClF3N5. The second-order valence-corrected chi connectivity index (χ2v) is 11.1. The first-order chi connectivity index (χ1) is 20.2. The molecule has 0 unspecified atom stereocenters. The maximum atomic E-state index is 13.2. The number of hydrogen-bond donors (Lipinski definition) is 0. The molecule has 0 bridgehead atoms. The Kier molecular flexibility index (Phi) is 7.43. The summed E-state index contributed by atoms with van der Waals surface area (Å²) < 4.78 is 41.7. The van der Waals surface area contributed by atoms with Crippen LogP contribution in [0.3, 0.4) is 0 Å². The Hall–Kier alpha value is -3.91. The van der Waals surface area contributed by atoms with Crippen molar-refractivity contribution in [2.45, 2.75) is 59.2 Å². The summed E-state index contributed by atoms with van der Waals surface area (Å²) in [5.41, 5.74) is 9.89. The minimum atomic E-state index is -4.49. The van der Waals surface area contributed by atoms with Gasteiger partial charge in [-0.15, -0.1) is 0 Å². The van der Waals surface area contributed by atoms with Crippen LogP contribution in [0.1, 0.15) is 59.8 Å². The zero-order valence-corrected chi connectivity index (χ0v) is 24.5. The van der Waals surface area contributed by atoms with Crippen LogP contribution in [-0.2, 0) is 38.4 Å². The van der Waals surface area contributed by atoms with E-state index in [1.807, 2.05) is 11.0 Å². The molecule has 1 aliphatic heterocycles. The summed E-state index contributed by atoms with van der Waals surface area (Å²) in [6.45, 7) is 7.34. The van der Waals surface area contributed by atoms with Gasteiger partial charge < -0.3 is 4.90 Å². The minimum absolute atomic E-state index is 0.270. The zero-order valence-electron chi connectivity index (χ0n) is 23.8. The van der Waals surface area contributed by atoms with E-state index < -0.39 is 11.7 Å². The fourth-order valence-corrected chi connectivity index (χ4v) is 6.20. The van der Waals surface area contributed by atoms with Gasteiger partial charge in [0, 0.05) is 48.1 Å². The smallest absolute Gasteiger partial charge is 0.336 e. The number of benzene rings is 2. The third kappa shape index (κ3) is 5.02. The Labute approximate surface area is 248 Å². The largest absolute Gasteiger partial charge is 0.419 e. The molecule has 1 aliphatic carbocycles. The number of aromatic nitrogens is 4. The van der Waals surface area contributed by atoms with Crippen LogP contribution < -0.4 is 4.90 Å². The third-order valence-electron chi connectivity index (χ3n) is 8.09. The molecule has 0 radical (unpaired) electrons. The minimum Gasteiger partial charge on any atom is -0.336 e. The van der Waals surface area contributed by atoms with Gasteiger partial charge in [-0.25, -0.2) is 14.6 Å². The molecule has 9 heteroatoms. The SMILES string of the molecule is CCc1cccc(CC)c1-n1nc2c(c1-c1ccc(Cl)c3c1CC=CC(C)=C3)CN(c1ncc(C(F)(F)F)cn1)CC2. The molecule has 0 saturated carbocycles. The highest BCUT2D eigenvalue weighted by Crippen LogP contribution is 2.41. The lowest BCUT2D eigenvalue weighted by molar-refractivity contribution is -0.138. The molecule has 3 heterocycles. The van der Waals surface area contributed by atoms with Crippen molar-refractivity contribution < 1.29 is 13.2 Å². The number of aryl methyl sites for hydroxylation is 2. The van der Waals surface area contributed by atoms with Crippen LogP contribution in [0.4, 0.5) is 19.1 Å². The van der Waals surface area contributed by atoms with E-state index in [-0.39, 0.29) is 5.95 Å². The second kappa shape index (κ2) is 11.1. The van der Waals surface area contributed by atoms with Gasteiger partial charge in [0.2, 0.25) is 5.95 Å². The lowest BCUT2D eigenvalue weighted by Gasteiger charge is -2.27. The van der Waals surface area contributed by atoms with Gasteiger partial charge in [0.05, 0.1) is 22.6 Å². The second-order valence-electron chi connectivity index (χ2n) is 10.7. The van der Waals surface area contributed by atoms with Gasteiger partial charge in [-0.05, 0) is 54.5 Å². The number of nitrogens with zero attached hydrogens (tertiary/aromatic N) is 5. The number of halogens is 4. The van der Waals surface area contributed by atoms with Crippen LogP contribution in [-0.4, -0.2) is 26.3 Å². The summed E-state index contributed by atoms with van der Waals surface area (Å²) in [7, 11) is 0. The molecule has 0 fully saturated rings. The molecule has 216 valence electrons. The summed E-state index contributed by atoms with van der Waals surface area (Å²) in [5.74, 6) is 0.270. The van der Waals surface area contributed by atoms with Crippen molar-refractivity contribution in [3.8, 4) is 16.9 Å². The van der Waals surface area contributed by atoms with Crippen LogP contribution in [0.25, 0.3) is 23.0 Å². The Morgan fingerprint density at radius 3 is 2.36 bits per heavy atom. The van der Waals surface area contributed by atoms with Crippen molar-refractivity contribution in [1.82, 2.24) is 19.7 Å². The number of rotatable bonds is 5. The Balaban J connectivity index is 1.57. The zero-order chi connectivity index (χ0) is 29.6. The van der Waals surface area contributed by atoms with E-state index >= 15 is 0 Å². The lowest BCUT2D eigenvalue weighted by Crippen LogP contribution is -2.31. The Morgan fingerprint density at radius 1 is 0.976 bits per heavy atom. The summed E-state index contributed by atoms with van der Waals surface area (Å²) in [4.78, 5) is 10.1. The normalized spacial score (nSPS) is 14.8. The van der Waals surface area contributed by atoms with Gasteiger partial charge in [-0.1, -0.05) is 73.5 Å². The van der Waals surface area contributed by atoms with Crippen molar-refractivity contribution >= 4 is 23.6 Å². The van der Waals surface area contributed by atoms with Crippen LogP contribution in [0.15, 0.2) is 60.5 Å². The van der Waals surface area contributed by atoms with Crippen LogP contribution >= 0.6 is 11.6 Å². The van der Waals surface area contributed by atoms with Crippen LogP contribution in [0, 0.1) is 0 Å². The van der Waals surface area contributed by atoms with Gasteiger partial charge in [-0.3, -0.25) is 0 Å². The molecule has 0 amide bonds. The van der Waals surface area contributed by atoms with E-state index in [4.69, 9.17) is 16.7 Å². The van der Waals surface area contributed by atoms with E-state index in [0.717, 1.165) is 70.1 Å². The van der Waals surface area contributed by atoms with Gasteiger partial charge in [-0.2, -0.15) is 18.3 Å². The maximum Gasteiger partial charge on any atom is 0.419 e. The van der Waals surface area contributed by atoms with E-state index in [1.165, 1.54) is 11.1 Å². The van der Waals surface area contributed by atoms with Crippen molar-refractivity contribution in [3.63, 3.8) is 0 Å². The predicted octanol–water partition coefficient (Wildman–Crippen LogP) is 8.20. The highest BCUT2D eigenvalue weighted by Gasteiger charge is 2.33. The summed E-state index contributed by atoms with van der Waals surface area (Å²) in [6.07, 6.45) is 6.63. The molecule has 0 N–H and O–H groups in total. The van der Waals surface area contributed by atoms with Crippen LogP contribution in [0.5, 0.6) is 0 Å². The monoisotopic (exact) mass is 589 g/mol. The van der Waals surface area contributed by atoms with Gasteiger partial charge in [0.15, 0.2) is 0 Å². The summed E-state index contributed by atoms with van der Waals surface area (Å²) in [6, 6.07) is 10.4. The molecule has 2 aliphatic rings. The van der Waals surface area contributed by atoms with E-state index in [1.54, 1.807) is 0 Å². The standard InChI is InChI=1S/C33H31ClF3N5/c1-4-21-9-7-10-22(5-2)30(21)42-31(25-12-13-28(34)26-16-20(3)8-6-11-24(25)26)27-19-41(15-14-29(27)40-42)32-38-17-23(18-39-32)33(35,36)37/h6-10,12-13,16-18H,4-5,11,14-15,19H2,1-3H3. The fraction of sp³-hybridized carbons (Fsp3) is 0.303. The highest BCUT2D eigenvalue weighted by atomic mass is 35.5. The van der Waals surface area contributed by atoms with Crippen LogP contribution in [0.2, 0.25) is 5.02 Å². The van der Waals surface area contributed by atoms with Crippen molar-refractivity contribution in [3.05, 3.63) is 105 Å². The average molecular weight is 590 g/mol. The molecule has 5 nitrogen and oxygen atoms in total. The molecule has 2 aromatic heterocycles. The number of alkyl halides is 3. The molecule has 0 saturated heterocycles. The van der Waals surface area contributed by atoms with E-state index in [9.17, 15) is 13.2 Å². The number of allylic oxidation sites excluding steroid dienone is 3. The molecule has 2 aromatic carbocycles. The lowest BCUT2D eigenvalue weighted by atomic mass is 9.92. The van der Waals surface area contributed by atoms with Crippen molar-refractivity contribution in [1.29, 1.82) is 0 Å². The molecule has 0 spiro atoms. The fourth-order valence-electron chi connectivity index (χ4n) is 5.97. The number of fused-ring (bicyclic) bond motifs is 2. The van der Waals surface area contributed by atoms with Gasteiger partial charge in [0.25, 0.3) is 0 Å². The summed E-state index contributed by atoms with van der Waals surface area (Å²) >= 11 is 6.76. The average Bonchev–Trinajstić information content (AvgIpc) is 3.23. The van der Waals surface area contributed by atoms with Crippen molar-refractivity contribution in [2.24, 2.45) is 0 Å². The number of para-hydroxylation sites is 1. The Bertz CT molecular complexity index is 1690. The molecular weight excluding hydrogens is 559 g/mol. The van der Waals surface area contributed by atoms with Crippen molar-refractivity contribution in [2.75, 3.05) is 11.4 Å². The number of anilines is 1. The first-order valence-corrected chi connectivity index (χ1v) is 14.6. The predicted molar refractivity (Wildman–Crippen MR) is 161 cm³/mol. The summed E-state index contributed by atoms with van der Waals surface area (Å²) in [5, 5.41) is 5.93. The van der Waals surface area contributed by atoms with E-state index in [2.05, 4.69) is 77.9 Å². The maximum absolute atomic E-state index is 13.2. The molecule has 42 heavy (non-hydrogen) atoms. The molecule has 6 rings (SSSR count). The molecule has 0 atom stereocenters. The molecule has 4 aromatic rings. The van der Waals surface area contributed by atoms with E-state index in [0.29, 0.717) is 31.0 Å². The third-order valence-corrected chi connectivity index (χ3v) is 8.42. The quantitative estimate of drug-likeness (QED) is 0.235. The first kappa shape index (κ1) is 28.2. The first-order valence-electron chi connectivity index (χ1n) is 14.2. The van der Waals surface area contributed by atoms with Gasteiger partial charge in [0.1, 0.15) is 0 Å². The Morgan fingerprint density at radius 2 is 1.69 bits per heavy atom. The van der Waals surface area contributed by atoms with Gasteiger partial charge >= 0.3 is 6.18 Å². The topological polar surface area (TPSA) is 46.8 Å². The number of hydrogen-bond acceptors (Lipinski definition) is 4.